The highest BCUT2D eigenvalue weighted by Crippen LogP contribution is 2.24. The van der Waals surface area contributed by atoms with E-state index in [2.05, 4.69) is 10.1 Å². The van der Waals surface area contributed by atoms with E-state index in [0.717, 1.165) is 11.2 Å². The van der Waals surface area contributed by atoms with E-state index in [4.69, 9.17) is 9.84 Å². The third-order valence-corrected chi connectivity index (χ3v) is 2.80. The Bertz CT molecular complexity index is 694. The molecule has 5 nitrogen and oxygen atoms in total. The van der Waals surface area contributed by atoms with E-state index in [1.807, 2.05) is 30.3 Å². The minimum Gasteiger partial charge on any atom is -0.439 e. The van der Waals surface area contributed by atoms with Crippen LogP contribution >= 0.6 is 0 Å². The predicted octanol–water partition coefficient (Wildman–Crippen LogP) is 2.06. The van der Waals surface area contributed by atoms with Gasteiger partial charge in [-0.05, 0) is 18.1 Å². The normalized spacial score (nSPS) is 10.8. The Morgan fingerprint density at radius 3 is 2.95 bits per heavy atom. The van der Waals surface area contributed by atoms with E-state index in [1.165, 1.54) is 0 Å². The Morgan fingerprint density at radius 2 is 2.05 bits per heavy atom. The van der Waals surface area contributed by atoms with Crippen molar-refractivity contribution in [2.75, 3.05) is 6.61 Å². The number of aliphatic hydroxyl groups excluding tert-OH is 1. The average molecular weight is 255 g/mol. The van der Waals surface area contributed by atoms with Crippen molar-refractivity contribution in [3.8, 4) is 11.6 Å². The molecular formula is C14H13N3O2. The lowest BCUT2D eigenvalue weighted by atomic mass is 10.1. The van der Waals surface area contributed by atoms with Crippen molar-refractivity contribution in [3.05, 3.63) is 54.4 Å². The Kier molecular flexibility index (Phi) is 3.12. The summed E-state index contributed by atoms with van der Waals surface area (Å²) in [6.45, 7) is 0.0927. The molecule has 5 heteroatoms. The number of rotatable bonds is 4. The molecule has 0 fully saturated rings. The van der Waals surface area contributed by atoms with Crippen LogP contribution in [-0.4, -0.2) is 26.3 Å². The van der Waals surface area contributed by atoms with Crippen molar-refractivity contribution < 1.29 is 9.84 Å². The first-order chi connectivity index (χ1) is 9.36. The minimum absolute atomic E-state index is 0.0927. The van der Waals surface area contributed by atoms with Crippen molar-refractivity contribution in [2.24, 2.45) is 0 Å². The summed E-state index contributed by atoms with van der Waals surface area (Å²) in [5.74, 6) is 1.23. The van der Waals surface area contributed by atoms with Gasteiger partial charge in [0.15, 0.2) is 5.65 Å². The molecule has 0 saturated heterocycles. The number of benzene rings is 1. The number of hydrogen-bond acceptors (Lipinski definition) is 4. The molecule has 0 saturated carbocycles. The molecule has 96 valence electrons. The summed E-state index contributed by atoms with van der Waals surface area (Å²) in [5, 5.41) is 13.1. The fraction of sp³-hybridized carbons (Fsp3) is 0.143. The first-order valence-corrected chi connectivity index (χ1v) is 6.04. The number of nitrogens with zero attached hydrogens (tertiary/aromatic N) is 3. The van der Waals surface area contributed by atoms with Crippen LogP contribution < -0.4 is 4.74 Å². The average Bonchev–Trinajstić information content (AvgIpc) is 2.89. The molecule has 2 aromatic heterocycles. The number of para-hydroxylation sites is 1. The van der Waals surface area contributed by atoms with Crippen LogP contribution in [0.3, 0.4) is 0 Å². The van der Waals surface area contributed by atoms with Gasteiger partial charge in [-0.1, -0.05) is 18.2 Å². The fourth-order valence-corrected chi connectivity index (χ4v) is 1.90. The van der Waals surface area contributed by atoms with Gasteiger partial charge in [-0.2, -0.15) is 10.1 Å². The van der Waals surface area contributed by atoms with E-state index < -0.39 is 0 Å². The molecule has 0 unspecified atom stereocenters. The molecule has 1 N–H and O–H groups in total. The van der Waals surface area contributed by atoms with Crippen molar-refractivity contribution in [3.63, 3.8) is 0 Å². The van der Waals surface area contributed by atoms with Crippen LogP contribution in [0, 0.1) is 0 Å². The Labute approximate surface area is 110 Å². The largest absolute Gasteiger partial charge is 0.439 e. The first-order valence-electron chi connectivity index (χ1n) is 6.04. The molecule has 0 spiro atoms. The number of hydrogen-bond donors (Lipinski definition) is 1. The van der Waals surface area contributed by atoms with Gasteiger partial charge in [0.05, 0.1) is 6.20 Å². The van der Waals surface area contributed by atoms with Gasteiger partial charge in [0, 0.05) is 24.9 Å². The molecule has 3 aromatic rings. The maximum absolute atomic E-state index is 9.04. The second-order valence-corrected chi connectivity index (χ2v) is 4.08. The summed E-state index contributed by atoms with van der Waals surface area (Å²) in [4.78, 5) is 4.35. The van der Waals surface area contributed by atoms with Gasteiger partial charge in [-0.25, -0.2) is 4.52 Å². The van der Waals surface area contributed by atoms with Crippen LogP contribution in [0.15, 0.2) is 48.8 Å². The third kappa shape index (κ3) is 2.41. The molecule has 2 heterocycles. The number of fused-ring (bicyclic) bond motifs is 1. The third-order valence-electron chi connectivity index (χ3n) is 2.80. The van der Waals surface area contributed by atoms with Crippen LogP contribution in [0.4, 0.5) is 0 Å². The zero-order valence-electron chi connectivity index (χ0n) is 10.2. The fourth-order valence-electron chi connectivity index (χ4n) is 1.90. The number of aromatic nitrogens is 3. The maximum atomic E-state index is 9.04. The lowest BCUT2D eigenvalue weighted by molar-refractivity contribution is 0.297. The van der Waals surface area contributed by atoms with Crippen molar-refractivity contribution >= 4 is 5.65 Å². The van der Waals surface area contributed by atoms with Crippen LogP contribution in [-0.2, 0) is 6.42 Å². The highest BCUT2D eigenvalue weighted by atomic mass is 16.5. The summed E-state index contributed by atoms with van der Waals surface area (Å²) >= 11 is 0. The molecule has 0 bridgehead atoms. The summed E-state index contributed by atoms with van der Waals surface area (Å²) in [6, 6.07) is 11.2. The summed E-state index contributed by atoms with van der Waals surface area (Å²) < 4.78 is 7.45. The van der Waals surface area contributed by atoms with Gasteiger partial charge in [0.2, 0.25) is 5.88 Å². The highest BCUT2D eigenvalue weighted by molar-refractivity contribution is 5.41. The maximum Gasteiger partial charge on any atom is 0.222 e. The number of aliphatic hydroxyl groups is 1. The Hall–Kier alpha value is -2.40. The Balaban J connectivity index is 1.91. The lowest BCUT2D eigenvalue weighted by Gasteiger charge is -2.09. The second kappa shape index (κ2) is 5.07. The summed E-state index contributed by atoms with van der Waals surface area (Å²) in [6.07, 6.45) is 4.04. The zero-order chi connectivity index (χ0) is 13.1. The van der Waals surface area contributed by atoms with Crippen LogP contribution in [0.2, 0.25) is 0 Å². The second-order valence-electron chi connectivity index (χ2n) is 4.08. The minimum atomic E-state index is 0.0927. The Morgan fingerprint density at radius 1 is 1.16 bits per heavy atom. The topological polar surface area (TPSA) is 59.7 Å². The molecule has 0 atom stereocenters. The van der Waals surface area contributed by atoms with Gasteiger partial charge < -0.3 is 9.84 Å². The monoisotopic (exact) mass is 255 g/mol. The van der Waals surface area contributed by atoms with E-state index in [9.17, 15) is 0 Å². The summed E-state index contributed by atoms with van der Waals surface area (Å²) in [5.41, 5.74) is 1.69. The predicted molar refractivity (Wildman–Crippen MR) is 70.3 cm³/mol. The van der Waals surface area contributed by atoms with Crippen molar-refractivity contribution in [1.29, 1.82) is 0 Å². The molecule has 0 aliphatic heterocycles. The van der Waals surface area contributed by atoms with E-state index >= 15 is 0 Å². The lowest BCUT2D eigenvalue weighted by Crippen LogP contribution is -1.97. The molecule has 0 aliphatic rings. The molecule has 1 aromatic carbocycles. The molecule has 0 radical (unpaired) electrons. The van der Waals surface area contributed by atoms with E-state index in [-0.39, 0.29) is 6.61 Å². The van der Waals surface area contributed by atoms with Gasteiger partial charge in [0.25, 0.3) is 0 Å². The molecule has 3 rings (SSSR count). The molecule has 0 amide bonds. The van der Waals surface area contributed by atoms with E-state index in [0.29, 0.717) is 18.1 Å². The molecule has 0 aliphatic carbocycles. The van der Waals surface area contributed by atoms with Crippen molar-refractivity contribution in [1.82, 2.24) is 14.6 Å². The van der Waals surface area contributed by atoms with Gasteiger partial charge in [-0.3, -0.25) is 0 Å². The van der Waals surface area contributed by atoms with Crippen LogP contribution in [0.1, 0.15) is 5.56 Å². The highest BCUT2D eigenvalue weighted by Gasteiger charge is 2.05. The van der Waals surface area contributed by atoms with Crippen LogP contribution in [0.5, 0.6) is 11.6 Å². The quantitative estimate of drug-likeness (QED) is 0.775. The van der Waals surface area contributed by atoms with Gasteiger partial charge in [-0.15, -0.1) is 0 Å². The number of ether oxygens (including phenoxy) is 1. The van der Waals surface area contributed by atoms with E-state index in [1.54, 1.807) is 23.0 Å². The SMILES string of the molecule is OCCc1ccccc1Oc1ccn2nccc2n1. The molecular weight excluding hydrogens is 242 g/mol. The molecule has 19 heavy (non-hydrogen) atoms. The van der Waals surface area contributed by atoms with Gasteiger partial charge >= 0.3 is 0 Å². The first kappa shape index (κ1) is 11.7. The van der Waals surface area contributed by atoms with Crippen molar-refractivity contribution in [2.45, 2.75) is 6.42 Å². The van der Waals surface area contributed by atoms with Gasteiger partial charge in [0.1, 0.15) is 5.75 Å². The summed E-state index contributed by atoms with van der Waals surface area (Å²) in [7, 11) is 0. The van der Waals surface area contributed by atoms with Crippen LogP contribution in [0.25, 0.3) is 5.65 Å². The smallest absolute Gasteiger partial charge is 0.222 e. The zero-order valence-corrected chi connectivity index (χ0v) is 10.2. The standard InChI is InChI=1S/C14H13N3O2/c18-10-7-11-3-1-2-4-12(11)19-14-6-9-17-13(16-14)5-8-15-17/h1-6,8-9,18H,7,10H2.